The van der Waals surface area contributed by atoms with E-state index in [1.54, 1.807) is 36.2 Å². The fourth-order valence-corrected chi connectivity index (χ4v) is 2.10. The molecule has 7 heteroatoms. The monoisotopic (exact) mass is 290 g/mol. The fourth-order valence-electron chi connectivity index (χ4n) is 2.10. The van der Waals surface area contributed by atoms with Gasteiger partial charge in [-0.3, -0.25) is 14.4 Å². The van der Waals surface area contributed by atoms with E-state index in [9.17, 15) is 14.4 Å². The lowest BCUT2D eigenvalue weighted by Crippen LogP contribution is -2.45. The summed E-state index contributed by atoms with van der Waals surface area (Å²) in [4.78, 5) is 36.7. The van der Waals surface area contributed by atoms with Gasteiger partial charge in [-0.15, -0.1) is 0 Å². The lowest BCUT2D eigenvalue weighted by atomic mass is 10.2. The number of nitrogens with zero attached hydrogens (tertiary/aromatic N) is 1. The zero-order valence-corrected chi connectivity index (χ0v) is 11.8. The minimum atomic E-state index is -0.490. The second kappa shape index (κ2) is 6.25. The van der Waals surface area contributed by atoms with E-state index in [0.717, 1.165) is 0 Å². The summed E-state index contributed by atoms with van der Waals surface area (Å²) in [6, 6.07) is 5.90. The molecule has 0 aromatic heterocycles. The molecule has 1 atom stereocenters. The van der Waals surface area contributed by atoms with Gasteiger partial charge in [-0.1, -0.05) is 0 Å². The van der Waals surface area contributed by atoms with Crippen molar-refractivity contribution >= 4 is 23.4 Å². The average molecular weight is 290 g/mol. The van der Waals surface area contributed by atoms with Crippen LogP contribution in [0.2, 0.25) is 0 Å². The molecule has 4 N–H and O–H groups in total. The highest BCUT2D eigenvalue weighted by Gasteiger charge is 2.30. The van der Waals surface area contributed by atoms with E-state index in [1.165, 1.54) is 0 Å². The second-order valence-electron chi connectivity index (χ2n) is 4.97. The van der Waals surface area contributed by atoms with Crippen LogP contribution in [-0.4, -0.2) is 48.8 Å². The molecule has 1 fully saturated rings. The van der Waals surface area contributed by atoms with Crippen LogP contribution in [0.4, 0.5) is 5.69 Å². The van der Waals surface area contributed by atoms with E-state index < -0.39 is 6.04 Å². The van der Waals surface area contributed by atoms with Crippen molar-refractivity contribution in [3.05, 3.63) is 29.8 Å². The first kappa shape index (κ1) is 14.8. The second-order valence-corrected chi connectivity index (χ2v) is 4.97. The Kier molecular flexibility index (Phi) is 4.42. The SMILES string of the molecule is CN1CCC(NC(=O)CNC(=O)c2ccc(N)cc2)C1=O. The predicted octanol–water partition coefficient (Wildman–Crippen LogP) is -0.654. The molecule has 3 amide bonds. The van der Waals surface area contributed by atoms with Crippen molar-refractivity contribution in [1.82, 2.24) is 15.5 Å². The van der Waals surface area contributed by atoms with E-state index in [2.05, 4.69) is 10.6 Å². The first-order valence-corrected chi connectivity index (χ1v) is 6.65. The maximum Gasteiger partial charge on any atom is 0.251 e. The molecule has 0 aliphatic carbocycles. The molecule has 0 saturated carbocycles. The van der Waals surface area contributed by atoms with Crippen LogP contribution in [0.5, 0.6) is 0 Å². The Hall–Kier alpha value is -2.57. The number of amides is 3. The number of carbonyl (C=O) groups excluding carboxylic acids is 3. The third-order valence-corrected chi connectivity index (χ3v) is 3.35. The van der Waals surface area contributed by atoms with Crippen LogP contribution in [0.1, 0.15) is 16.8 Å². The molecule has 0 bridgehead atoms. The Balaban J connectivity index is 1.80. The zero-order chi connectivity index (χ0) is 15.4. The predicted molar refractivity (Wildman–Crippen MR) is 77.4 cm³/mol. The van der Waals surface area contributed by atoms with Gasteiger partial charge in [-0.2, -0.15) is 0 Å². The van der Waals surface area contributed by atoms with Gasteiger partial charge in [0, 0.05) is 24.8 Å². The summed E-state index contributed by atoms with van der Waals surface area (Å²) in [6.07, 6.45) is 0.590. The normalized spacial score (nSPS) is 17.7. The quantitative estimate of drug-likeness (QED) is 0.641. The van der Waals surface area contributed by atoms with E-state index in [1.807, 2.05) is 0 Å². The van der Waals surface area contributed by atoms with Gasteiger partial charge in [-0.05, 0) is 30.7 Å². The molecule has 112 valence electrons. The number of hydrogen-bond donors (Lipinski definition) is 3. The van der Waals surface area contributed by atoms with E-state index >= 15 is 0 Å². The van der Waals surface area contributed by atoms with Gasteiger partial charge in [-0.25, -0.2) is 0 Å². The number of likely N-dealkylation sites (N-methyl/N-ethyl adjacent to an activating group) is 1. The molecular formula is C14H18N4O3. The number of hydrogen-bond acceptors (Lipinski definition) is 4. The molecule has 7 nitrogen and oxygen atoms in total. The van der Waals surface area contributed by atoms with Gasteiger partial charge in [0.25, 0.3) is 5.91 Å². The number of nitrogens with two attached hydrogens (primary N) is 1. The van der Waals surface area contributed by atoms with E-state index in [0.29, 0.717) is 24.2 Å². The lowest BCUT2D eigenvalue weighted by Gasteiger charge is -2.12. The largest absolute Gasteiger partial charge is 0.399 e. The Bertz CT molecular complexity index is 556. The van der Waals surface area contributed by atoms with Crippen LogP contribution in [0.3, 0.4) is 0 Å². The van der Waals surface area contributed by atoms with Crippen molar-refractivity contribution in [3.8, 4) is 0 Å². The number of nitrogens with one attached hydrogen (secondary N) is 2. The number of anilines is 1. The third kappa shape index (κ3) is 3.71. The average Bonchev–Trinajstić information content (AvgIpc) is 2.77. The molecule has 0 spiro atoms. The maximum atomic E-state index is 11.8. The smallest absolute Gasteiger partial charge is 0.251 e. The highest BCUT2D eigenvalue weighted by Crippen LogP contribution is 2.08. The Morgan fingerprint density at radius 1 is 1.33 bits per heavy atom. The van der Waals surface area contributed by atoms with Crippen LogP contribution in [0.15, 0.2) is 24.3 Å². The molecule has 21 heavy (non-hydrogen) atoms. The van der Waals surface area contributed by atoms with Gasteiger partial charge < -0.3 is 21.3 Å². The lowest BCUT2D eigenvalue weighted by molar-refractivity contribution is -0.131. The highest BCUT2D eigenvalue weighted by atomic mass is 16.2. The molecule has 1 aromatic rings. The summed E-state index contributed by atoms with van der Waals surface area (Å²) in [7, 11) is 1.69. The van der Waals surface area contributed by atoms with E-state index in [-0.39, 0.29) is 24.3 Å². The number of rotatable bonds is 4. The number of nitrogen functional groups attached to an aromatic ring is 1. The van der Waals surface area contributed by atoms with Crippen LogP contribution in [0.25, 0.3) is 0 Å². The van der Waals surface area contributed by atoms with Crippen molar-refractivity contribution in [2.75, 3.05) is 25.9 Å². The molecule has 0 radical (unpaired) electrons. The number of carbonyl (C=O) groups is 3. The highest BCUT2D eigenvalue weighted by molar-refractivity contribution is 5.97. The molecule has 1 aromatic carbocycles. The van der Waals surface area contributed by atoms with Crippen LogP contribution in [0, 0.1) is 0 Å². The summed E-state index contributed by atoms with van der Waals surface area (Å²) in [5.74, 6) is -0.847. The Labute approximate surface area is 122 Å². The molecule has 1 saturated heterocycles. The number of benzene rings is 1. The molecule has 2 rings (SSSR count). The molecular weight excluding hydrogens is 272 g/mol. The molecule has 1 unspecified atom stereocenters. The third-order valence-electron chi connectivity index (χ3n) is 3.35. The fraction of sp³-hybridized carbons (Fsp3) is 0.357. The van der Waals surface area contributed by atoms with Crippen molar-refractivity contribution in [2.24, 2.45) is 0 Å². The van der Waals surface area contributed by atoms with Gasteiger partial charge in [0.05, 0.1) is 6.54 Å². The molecule has 1 aliphatic rings. The van der Waals surface area contributed by atoms with Crippen molar-refractivity contribution < 1.29 is 14.4 Å². The topological polar surface area (TPSA) is 105 Å². The van der Waals surface area contributed by atoms with Crippen LogP contribution >= 0.6 is 0 Å². The summed E-state index contributed by atoms with van der Waals surface area (Å²) in [5, 5.41) is 5.11. The minimum absolute atomic E-state index is 0.104. The first-order valence-electron chi connectivity index (χ1n) is 6.65. The molecule has 1 heterocycles. The van der Waals surface area contributed by atoms with Crippen molar-refractivity contribution in [2.45, 2.75) is 12.5 Å². The standard InChI is InChI=1S/C14H18N4O3/c1-18-7-6-11(14(18)21)17-12(19)8-16-13(20)9-2-4-10(15)5-3-9/h2-5,11H,6-8,15H2,1H3,(H,16,20)(H,17,19). The Morgan fingerprint density at radius 3 is 2.57 bits per heavy atom. The summed E-state index contributed by atoms with van der Waals surface area (Å²) in [5.41, 5.74) is 6.52. The summed E-state index contributed by atoms with van der Waals surface area (Å²) < 4.78 is 0. The van der Waals surface area contributed by atoms with E-state index in [4.69, 9.17) is 5.73 Å². The maximum absolute atomic E-state index is 11.8. The van der Waals surface area contributed by atoms with Crippen LogP contribution < -0.4 is 16.4 Å². The number of likely N-dealkylation sites (tertiary alicyclic amines) is 1. The summed E-state index contributed by atoms with van der Waals surface area (Å²) >= 11 is 0. The van der Waals surface area contributed by atoms with Crippen LogP contribution in [-0.2, 0) is 9.59 Å². The molecule has 1 aliphatic heterocycles. The Morgan fingerprint density at radius 2 is 2.00 bits per heavy atom. The van der Waals surface area contributed by atoms with Gasteiger partial charge in [0.2, 0.25) is 11.8 Å². The summed E-state index contributed by atoms with van der Waals surface area (Å²) in [6.45, 7) is 0.457. The van der Waals surface area contributed by atoms with Gasteiger partial charge in [0.15, 0.2) is 0 Å². The first-order chi connectivity index (χ1) is 9.97. The van der Waals surface area contributed by atoms with Gasteiger partial charge in [0.1, 0.15) is 6.04 Å². The van der Waals surface area contributed by atoms with Crippen molar-refractivity contribution in [1.29, 1.82) is 0 Å². The zero-order valence-electron chi connectivity index (χ0n) is 11.8. The van der Waals surface area contributed by atoms with Gasteiger partial charge >= 0.3 is 0 Å². The minimum Gasteiger partial charge on any atom is -0.399 e. The van der Waals surface area contributed by atoms with Crippen molar-refractivity contribution in [3.63, 3.8) is 0 Å².